The summed E-state index contributed by atoms with van der Waals surface area (Å²) in [6, 6.07) is 4.97. The van der Waals surface area contributed by atoms with E-state index in [2.05, 4.69) is 102 Å². The van der Waals surface area contributed by atoms with E-state index in [-0.39, 0.29) is 95.6 Å². The van der Waals surface area contributed by atoms with Crippen molar-refractivity contribution < 1.29 is 104 Å². The van der Waals surface area contributed by atoms with Crippen LogP contribution < -0.4 is 68.6 Å². The molecule has 0 unspecified atom stereocenters. The van der Waals surface area contributed by atoms with Gasteiger partial charge in [-0.25, -0.2) is 27.0 Å². The Bertz CT molecular complexity index is 2320. The molecule has 0 aliphatic carbocycles. The quantitative estimate of drug-likeness (QED) is 0.108. The van der Waals surface area contributed by atoms with Crippen molar-refractivity contribution in [3.8, 4) is 23.0 Å². The predicted octanol–water partition coefficient (Wildman–Crippen LogP) is -0.324. The summed E-state index contributed by atoms with van der Waals surface area (Å²) in [7, 11) is -11.1. The molecule has 30 heteroatoms. The standard InChI is InChI=1S/2C16H27BrN6O5SSi.2Na/c1-16(2,3)28-15(24)19-29(25,26)23-8-7-12(17)13(23)14-18-20-21-22(14)11-27-9-10-30(4,5)6;1-16(2,3)28-15(24)20-29(25,26)22-8-7-12(17)13(22)14-18-21-23(19-14)11-27-9-10-30(4,5)6;;/h7-8H,9-11H2,1-6H3,(H,19,24);7-8H,9-11H2,1-6H3,(H,20,24);;/q;;2*+1. The van der Waals surface area contributed by atoms with Gasteiger partial charge in [0.1, 0.15) is 29.3 Å². The van der Waals surface area contributed by atoms with Crippen molar-refractivity contribution in [2.75, 3.05) is 13.2 Å². The third kappa shape index (κ3) is 19.5. The van der Waals surface area contributed by atoms with Gasteiger partial charge < -0.3 is 18.9 Å². The van der Waals surface area contributed by atoms with E-state index in [0.717, 1.165) is 20.0 Å². The van der Waals surface area contributed by atoms with E-state index in [1.54, 1.807) is 41.5 Å². The number of carbonyl (C=O) groups is 2. The predicted molar refractivity (Wildman–Crippen MR) is 233 cm³/mol. The fraction of sp³-hybridized carbons (Fsp3) is 0.625. The molecule has 62 heavy (non-hydrogen) atoms. The number of halogens is 2. The van der Waals surface area contributed by atoms with Crippen LogP contribution in [0.25, 0.3) is 23.0 Å². The number of tetrazole rings is 2. The van der Waals surface area contributed by atoms with Gasteiger partial charge in [0, 0.05) is 50.7 Å². The average Bonchev–Trinajstić information content (AvgIpc) is 3.85. The molecule has 2 N–H and O–H groups in total. The Morgan fingerprint density at radius 2 is 1.13 bits per heavy atom. The van der Waals surface area contributed by atoms with Gasteiger partial charge in [0.05, 0.1) is 0 Å². The molecule has 0 saturated carbocycles. The largest absolute Gasteiger partial charge is 1.00 e. The number of hydrogen-bond acceptors (Lipinski definition) is 16. The van der Waals surface area contributed by atoms with Crippen LogP contribution in [-0.4, -0.2) is 118 Å². The molecule has 0 spiro atoms. The molecule has 0 bridgehead atoms. The van der Waals surface area contributed by atoms with Crippen LogP contribution in [0.5, 0.6) is 0 Å². The minimum Gasteiger partial charge on any atom is -0.443 e. The molecule has 0 atom stereocenters. The van der Waals surface area contributed by atoms with Crippen molar-refractivity contribution in [3.63, 3.8) is 0 Å². The van der Waals surface area contributed by atoms with Crippen LogP contribution in [0, 0.1) is 0 Å². The minimum atomic E-state index is -4.31. The van der Waals surface area contributed by atoms with Gasteiger partial charge in [0.25, 0.3) is 0 Å². The van der Waals surface area contributed by atoms with E-state index in [1.807, 2.05) is 9.44 Å². The zero-order valence-corrected chi connectivity index (χ0v) is 48.5. The third-order valence-electron chi connectivity index (χ3n) is 7.17. The van der Waals surface area contributed by atoms with Gasteiger partial charge in [-0.1, -0.05) is 39.3 Å². The first-order valence-corrected chi connectivity index (χ1v) is 30.2. The first kappa shape index (κ1) is 58.5. The van der Waals surface area contributed by atoms with Crippen LogP contribution in [0.4, 0.5) is 9.59 Å². The topological polar surface area (TPSA) is 260 Å². The van der Waals surface area contributed by atoms with Crippen molar-refractivity contribution in [1.82, 2.24) is 57.8 Å². The van der Waals surface area contributed by atoms with E-state index in [4.69, 9.17) is 18.9 Å². The number of rotatable bonds is 16. The second-order valence-electron chi connectivity index (χ2n) is 17.5. The monoisotopic (exact) mass is 1090 g/mol. The molecule has 22 nitrogen and oxygen atoms in total. The molecule has 0 aromatic carbocycles. The summed E-state index contributed by atoms with van der Waals surface area (Å²) >= 11 is 6.60. The fourth-order valence-electron chi connectivity index (χ4n) is 4.41. The van der Waals surface area contributed by atoms with Crippen LogP contribution in [0.1, 0.15) is 41.5 Å². The van der Waals surface area contributed by atoms with Crippen molar-refractivity contribution >= 4 is 80.6 Å². The molecule has 0 saturated heterocycles. The van der Waals surface area contributed by atoms with Crippen molar-refractivity contribution in [2.45, 2.75) is 118 Å². The van der Waals surface area contributed by atoms with Crippen molar-refractivity contribution in [2.24, 2.45) is 0 Å². The minimum absolute atomic E-state index is 0. The van der Waals surface area contributed by atoms with Crippen LogP contribution in [0.15, 0.2) is 33.5 Å². The molecular formula is C32H54Br2N12Na2O10S2Si2+2. The van der Waals surface area contributed by atoms with E-state index >= 15 is 0 Å². The molecule has 4 aromatic heterocycles. The normalized spacial score (nSPS) is 12.4. The molecule has 2 amide bonds. The smallest absolute Gasteiger partial charge is 0.443 e. The van der Waals surface area contributed by atoms with Gasteiger partial charge in [-0.15, -0.1) is 20.1 Å². The van der Waals surface area contributed by atoms with Crippen LogP contribution in [-0.2, 0) is 52.8 Å². The van der Waals surface area contributed by atoms with Gasteiger partial charge in [-0.3, -0.25) is 0 Å². The Hall–Kier alpha value is -1.55. The molecule has 4 rings (SSSR count). The summed E-state index contributed by atoms with van der Waals surface area (Å²) in [6.45, 7) is 24.5. The van der Waals surface area contributed by atoms with E-state index in [0.29, 0.717) is 22.2 Å². The Balaban J connectivity index is 0.000000601. The van der Waals surface area contributed by atoms with Gasteiger partial charge in [-0.2, -0.15) is 21.5 Å². The zero-order valence-electron chi connectivity index (χ0n) is 37.7. The van der Waals surface area contributed by atoms with E-state index < -0.39 is 60.0 Å². The number of nitrogens with zero attached hydrogens (tertiary/aromatic N) is 10. The number of carbonyl (C=O) groups excluding carboxylic acids is 2. The molecule has 4 heterocycles. The maximum atomic E-state index is 12.8. The first-order chi connectivity index (χ1) is 27.4. The summed E-state index contributed by atoms with van der Waals surface area (Å²) in [5, 5.41) is 23.4. The Labute approximate surface area is 425 Å². The number of amides is 2. The number of ether oxygens (including phenoxy) is 4. The number of hydrogen-bond donors (Lipinski definition) is 2. The summed E-state index contributed by atoms with van der Waals surface area (Å²) < 4.78 is 79.8. The first-order valence-electron chi connectivity index (χ1n) is 18.3. The average molecular weight is 1090 g/mol. The molecule has 0 radical (unpaired) electrons. The van der Waals surface area contributed by atoms with Crippen molar-refractivity contribution in [3.05, 3.63) is 33.5 Å². The molecule has 336 valence electrons. The fourth-order valence-corrected chi connectivity index (χ4v) is 9.12. The Kier molecular flexibility index (Phi) is 22.4. The Morgan fingerprint density at radius 3 is 1.58 bits per heavy atom. The molecule has 0 fully saturated rings. The number of aromatic nitrogens is 10. The molecule has 0 aliphatic heterocycles. The van der Waals surface area contributed by atoms with Gasteiger partial charge in [-0.05, 0) is 113 Å². The second kappa shape index (κ2) is 23.8. The third-order valence-corrected chi connectivity index (χ3v) is 14.3. The number of nitrogens with one attached hydrogen (secondary N) is 2. The van der Waals surface area contributed by atoms with Crippen LogP contribution in [0.2, 0.25) is 51.4 Å². The Morgan fingerprint density at radius 1 is 0.694 bits per heavy atom. The van der Waals surface area contributed by atoms with Crippen molar-refractivity contribution in [1.29, 1.82) is 0 Å². The maximum Gasteiger partial charge on any atom is 1.00 e. The van der Waals surface area contributed by atoms with Gasteiger partial charge in [0.15, 0.2) is 6.73 Å². The van der Waals surface area contributed by atoms with Crippen LogP contribution in [0.3, 0.4) is 0 Å². The van der Waals surface area contributed by atoms with E-state index in [1.165, 1.54) is 34.0 Å². The zero-order chi connectivity index (χ0) is 45.5. The second-order valence-corrected chi connectivity index (χ2v) is 33.6. The summed E-state index contributed by atoms with van der Waals surface area (Å²) in [5.41, 5.74) is -1.44. The molecular weight excluding hydrogens is 1040 g/mol. The molecule has 4 aromatic rings. The van der Waals surface area contributed by atoms with Gasteiger partial charge >= 0.3 is 91.7 Å². The van der Waals surface area contributed by atoms with Gasteiger partial charge in [0.2, 0.25) is 11.6 Å². The van der Waals surface area contributed by atoms with Crippen LogP contribution >= 0.6 is 31.9 Å². The maximum absolute atomic E-state index is 12.8. The van der Waals surface area contributed by atoms with E-state index in [9.17, 15) is 26.4 Å². The SMILES string of the molecule is CC(C)(C)OC(=O)NS(=O)(=O)n1ccc(Br)c1-c1nnn(COCC[Si](C)(C)C)n1.CC(C)(C)OC(=O)NS(=O)(=O)n1ccc(Br)c1-c1nnnn1COCC[Si](C)(C)C.[Na+].[Na+]. The summed E-state index contributed by atoms with van der Waals surface area (Å²) in [4.78, 5) is 25.1. The summed E-state index contributed by atoms with van der Waals surface area (Å²) in [6.07, 6.45) is 0.354. The summed E-state index contributed by atoms with van der Waals surface area (Å²) in [5.74, 6) is 0.213. The molecule has 0 aliphatic rings.